The van der Waals surface area contributed by atoms with Crippen molar-refractivity contribution in [2.75, 3.05) is 13.7 Å². The van der Waals surface area contributed by atoms with Crippen molar-refractivity contribution < 1.29 is 13.9 Å². The van der Waals surface area contributed by atoms with Gasteiger partial charge in [-0.3, -0.25) is 9.20 Å². The highest BCUT2D eigenvalue weighted by molar-refractivity contribution is 7.15. The topological polar surface area (TPSA) is 60.0 Å². The highest BCUT2D eigenvalue weighted by atomic mass is 32.1. The molecule has 0 N–H and O–H groups in total. The molecular weight excluding hydrogens is 446 g/mol. The van der Waals surface area contributed by atoms with Crippen LogP contribution in [0.2, 0.25) is 0 Å². The van der Waals surface area contributed by atoms with Gasteiger partial charge in [-0.25, -0.2) is 4.98 Å². The first kappa shape index (κ1) is 22.0. The summed E-state index contributed by atoms with van der Waals surface area (Å²) in [6, 6.07) is 19.4. The molecule has 0 radical (unpaired) electrons. The Kier molecular flexibility index (Phi) is 6.18. The Hall–Kier alpha value is -3.84. The maximum Gasteiger partial charge on any atom is 0.258 e. The second-order valence-electron chi connectivity index (χ2n) is 8.13. The quantitative estimate of drug-likeness (QED) is 0.284. The van der Waals surface area contributed by atoms with Gasteiger partial charge in [-0.05, 0) is 31.2 Å². The SMILES string of the molecule is COc1ccccc1C(=O)N(CCc1csc2nc(-c3ccc(C)cc3)cn12)Cc1ccco1. The molecular formula is C27H25N3O3S. The third-order valence-corrected chi connectivity index (χ3v) is 6.71. The fourth-order valence-electron chi connectivity index (χ4n) is 3.96. The van der Waals surface area contributed by atoms with Crippen LogP contribution < -0.4 is 4.74 Å². The first-order valence-electron chi connectivity index (χ1n) is 11.1. The van der Waals surface area contributed by atoms with Crippen LogP contribution in [0.15, 0.2) is 82.9 Å². The molecule has 0 aliphatic carbocycles. The van der Waals surface area contributed by atoms with Crippen molar-refractivity contribution in [3.05, 3.63) is 101 Å². The number of rotatable bonds is 8. The van der Waals surface area contributed by atoms with Gasteiger partial charge in [0.2, 0.25) is 0 Å². The Labute approximate surface area is 202 Å². The number of hydrogen-bond donors (Lipinski definition) is 0. The standard InChI is InChI=1S/C27H25N3O3S/c1-19-9-11-20(12-10-19)24-17-30-21(18-34-27(30)28-24)13-14-29(16-22-6-5-15-33-22)26(31)23-7-3-4-8-25(23)32-2/h3-12,15,17-18H,13-14,16H2,1-2H3. The minimum absolute atomic E-state index is 0.0914. The van der Waals surface area contributed by atoms with E-state index in [4.69, 9.17) is 14.1 Å². The van der Waals surface area contributed by atoms with Crippen LogP contribution in [-0.4, -0.2) is 33.8 Å². The van der Waals surface area contributed by atoms with E-state index in [0.717, 1.165) is 27.7 Å². The number of nitrogens with zero attached hydrogens (tertiary/aromatic N) is 3. The third-order valence-electron chi connectivity index (χ3n) is 5.82. The van der Waals surface area contributed by atoms with Gasteiger partial charge in [0.15, 0.2) is 4.96 Å². The Bertz CT molecular complexity index is 1400. The Balaban J connectivity index is 1.39. The van der Waals surface area contributed by atoms with E-state index in [-0.39, 0.29) is 5.91 Å². The van der Waals surface area contributed by atoms with Crippen molar-refractivity contribution >= 4 is 22.2 Å². The van der Waals surface area contributed by atoms with Crippen molar-refractivity contribution in [2.45, 2.75) is 19.9 Å². The van der Waals surface area contributed by atoms with Crippen molar-refractivity contribution in [2.24, 2.45) is 0 Å². The average molecular weight is 472 g/mol. The van der Waals surface area contributed by atoms with Gasteiger partial charge in [-0.2, -0.15) is 0 Å². The number of ether oxygens (including phenoxy) is 1. The van der Waals surface area contributed by atoms with Crippen LogP contribution in [0.5, 0.6) is 5.75 Å². The number of carbonyl (C=O) groups is 1. The number of hydrogen-bond acceptors (Lipinski definition) is 5. The molecule has 0 bridgehead atoms. The lowest BCUT2D eigenvalue weighted by atomic mass is 10.1. The highest BCUT2D eigenvalue weighted by Crippen LogP contribution is 2.25. The lowest BCUT2D eigenvalue weighted by Crippen LogP contribution is -2.32. The van der Waals surface area contributed by atoms with Crippen LogP contribution in [0.3, 0.4) is 0 Å². The summed E-state index contributed by atoms with van der Waals surface area (Å²) in [6.45, 7) is 2.99. The van der Waals surface area contributed by atoms with E-state index in [1.165, 1.54) is 5.56 Å². The van der Waals surface area contributed by atoms with Gasteiger partial charge >= 0.3 is 0 Å². The normalized spacial score (nSPS) is 11.1. The predicted octanol–water partition coefficient (Wildman–Crippen LogP) is 5.86. The van der Waals surface area contributed by atoms with E-state index in [1.54, 1.807) is 41.7 Å². The molecule has 0 spiro atoms. The van der Waals surface area contributed by atoms with E-state index in [9.17, 15) is 4.79 Å². The molecule has 0 fully saturated rings. The van der Waals surface area contributed by atoms with Crippen LogP contribution >= 0.6 is 11.3 Å². The van der Waals surface area contributed by atoms with Crippen molar-refractivity contribution in [1.82, 2.24) is 14.3 Å². The van der Waals surface area contributed by atoms with Gasteiger partial charge in [0.1, 0.15) is 11.5 Å². The number of aryl methyl sites for hydroxylation is 1. The number of carbonyl (C=O) groups excluding carboxylic acids is 1. The first-order chi connectivity index (χ1) is 16.6. The second-order valence-corrected chi connectivity index (χ2v) is 8.96. The molecule has 3 aromatic heterocycles. The summed E-state index contributed by atoms with van der Waals surface area (Å²) in [6.07, 6.45) is 4.39. The fraction of sp³-hybridized carbons (Fsp3) is 0.185. The second kappa shape index (κ2) is 9.57. The van der Waals surface area contributed by atoms with Crippen LogP contribution in [0.25, 0.3) is 16.2 Å². The van der Waals surface area contributed by atoms with Crippen molar-refractivity contribution in [1.29, 1.82) is 0 Å². The number of thiazole rings is 1. The average Bonchev–Trinajstić information content (AvgIpc) is 3.60. The molecule has 1 amide bonds. The van der Waals surface area contributed by atoms with E-state index < -0.39 is 0 Å². The molecule has 7 heteroatoms. The Morgan fingerprint density at radius 1 is 1.12 bits per heavy atom. The Morgan fingerprint density at radius 3 is 2.71 bits per heavy atom. The zero-order chi connectivity index (χ0) is 23.5. The van der Waals surface area contributed by atoms with Gasteiger partial charge in [-0.1, -0.05) is 42.0 Å². The molecule has 34 heavy (non-hydrogen) atoms. The summed E-state index contributed by atoms with van der Waals surface area (Å²) in [7, 11) is 1.58. The molecule has 0 saturated carbocycles. The van der Waals surface area contributed by atoms with Gasteiger partial charge in [0.25, 0.3) is 5.91 Å². The van der Waals surface area contributed by atoms with Crippen LogP contribution in [0, 0.1) is 6.92 Å². The summed E-state index contributed by atoms with van der Waals surface area (Å²) in [4.78, 5) is 21.0. The smallest absolute Gasteiger partial charge is 0.258 e. The number of amides is 1. The number of aromatic nitrogens is 2. The van der Waals surface area contributed by atoms with Crippen molar-refractivity contribution in [3.8, 4) is 17.0 Å². The number of para-hydroxylation sites is 1. The molecule has 0 atom stereocenters. The highest BCUT2D eigenvalue weighted by Gasteiger charge is 2.21. The van der Waals surface area contributed by atoms with E-state index in [2.05, 4.69) is 47.2 Å². The Morgan fingerprint density at radius 2 is 1.94 bits per heavy atom. The number of imidazole rings is 1. The predicted molar refractivity (Wildman–Crippen MR) is 133 cm³/mol. The molecule has 0 unspecified atom stereocenters. The van der Waals surface area contributed by atoms with Crippen LogP contribution in [0.1, 0.15) is 27.4 Å². The van der Waals surface area contributed by atoms with Crippen LogP contribution in [-0.2, 0) is 13.0 Å². The van der Waals surface area contributed by atoms with Gasteiger partial charge in [0.05, 0.1) is 31.2 Å². The summed E-state index contributed by atoms with van der Waals surface area (Å²) in [5.41, 5.74) is 4.92. The number of fused-ring (bicyclic) bond motifs is 1. The molecule has 2 aromatic carbocycles. The molecule has 0 aliphatic heterocycles. The maximum atomic E-state index is 13.5. The van der Waals surface area contributed by atoms with E-state index in [0.29, 0.717) is 30.8 Å². The number of benzene rings is 2. The number of methoxy groups -OCH3 is 1. The molecule has 0 saturated heterocycles. The monoisotopic (exact) mass is 471 g/mol. The third kappa shape index (κ3) is 4.47. The molecule has 172 valence electrons. The molecule has 3 heterocycles. The summed E-state index contributed by atoms with van der Waals surface area (Å²) < 4.78 is 13.1. The summed E-state index contributed by atoms with van der Waals surface area (Å²) in [5, 5.41) is 2.11. The van der Waals surface area contributed by atoms with E-state index >= 15 is 0 Å². The van der Waals surface area contributed by atoms with Gasteiger partial charge in [0, 0.05) is 35.8 Å². The lowest BCUT2D eigenvalue weighted by molar-refractivity contribution is 0.0729. The minimum Gasteiger partial charge on any atom is -0.496 e. The largest absolute Gasteiger partial charge is 0.496 e. The van der Waals surface area contributed by atoms with Gasteiger partial charge < -0.3 is 14.1 Å². The number of furan rings is 1. The van der Waals surface area contributed by atoms with Crippen molar-refractivity contribution in [3.63, 3.8) is 0 Å². The molecule has 5 aromatic rings. The van der Waals surface area contributed by atoms with Gasteiger partial charge in [-0.15, -0.1) is 11.3 Å². The first-order valence-corrected chi connectivity index (χ1v) is 12.0. The molecule has 0 aliphatic rings. The molecule has 5 rings (SSSR count). The summed E-state index contributed by atoms with van der Waals surface area (Å²) in [5.74, 6) is 1.21. The maximum absolute atomic E-state index is 13.5. The summed E-state index contributed by atoms with van der Waals surface area (Å²) >= 11 is 1.61. The zero-order valence-corrected chi connectivity index (χ0v) is 19.9. The van der Waals surface area contributed by atoms with E-state index in [1.807, 2.05) is 24.3 Å². The lowest BCUT2D eigenvalue weighted by Gasteiger charge is -2.22. The zero-order valence-electron chi connectivity index (χ0n) is 19.1. The fourth-order valence-corrected chi connectivity index (χ4v) is 4.86. The van der Waals surface area contributed by atoms with Crippen LogP contribution in [0.4, 0.5) is 0 Å². The molecule has 6 nitrogen and oxygen atoms in total. The minimum atomic E-state index is -0.0914.